The number of imidazole rings is 1. The fourth-order valence-electron chi connectivity index (χ4n) is 3.65. The van der Waals surface area contributed by atoms with E-state index in [2.05, 4.69) is 32.8 Å². The van der Waals surface area contributed by atoms with E-state index in [-0.39, 0.29) is 11.9 Å². The number of aryl methyl sites for hydroxylation is 1. The lowest BCUT2D eigenvalue weighted by atomic mass is 10.1. The third-order valence-electron chi connectivity index (χ3n) is 4.87. The molecular weight excluding hydrogens is 317 g/mol. The summed E-state index contributed by atoms with van der Waals surface area (Å²) in [7, 11) is 0. The van der Waals surface area contributed by atoms with E-state index in [9.17, 15) is 4.39 Å². The quantitative estimate of drug-likeness (QED) is 0.794. The lowest BCUT2D eigenvalue weighted by Gasteiger charge is -2.36. The Labute approximate surface area is 146 Å². The van der Waals surface area contributed by atoms with Gasteiger partial charge in [0.25, 0.3) is 0 Å². The van der Waals surface area contributed by atoms with Crippen molar-refractivity contribution in [3.8, 4) is 0 Å². The van der Waals surface area contributed by atoms with Crippen LogP contribution in [0.2, 0.25) is 0 Å². The molecule has 0 saturated carbocycles. The van der Waals surface area contributed by atoms with Gasteiger partial charge in [0.05, 0.1) is 17.6 Å². The second kappa shape index (κ2) is 6.90. The largest absolute Gasteiger partial charge is 0.327 e. The highest BCUT2D eigenvalue weighted by Crippen LogP contribution is 2.25. The highest BCUT2D eigenvalue weighted by atomic mass is 19.1. The third-order valence-corrected chi connectivity index (χ3v) is 4.87. The van der Waals surface area contributed by atoms with E-state index < -0.39 is 0 Å². The summed E-state index contributed by atoms with van der Waals surface area (Å²) < 4.78 is 15.7. The van der Waals surface area contributed by atoms with Gasteiger partial charge in [0, 0.05) is 50.7 Å². The predicted octanol–water partition coefficient (Wildman–Crippen LogP) is 2.74. The van der Waals surface area contributed by atoms with Gasteiger partial charge in [-0.1, -0.05) is 6.07 Å². The first-order valence-corrected chi connectivity index (χ1v) is 8.75. The van der Waals surface area contributed by atoms with Crippen molar-refractivity contribution in [1.82, 2.24) is 24.8 Å². The van der Waals surface area contributed by atoms with E-state index in [1.54, 1.807) is 6.20 Å². The van der Waals surface area contributed by atoms with Crippen LogP contribution in [0.15, 0.2) is 42.7 Å². The van der Waals surface area contributed by atoms with Gasteiger partial charge in [0.2, 0.25) is 0 Å². The molecule has 1 unspecified atom stereocenters. The zero-order valence-electron chi connectivity index (χ0n) is 14.3. The SMILES string of the molecule is CCn1c(CN2CCNCC2c2cccnc2)nc2cc(F)ccc21. The molecule has 3 heterocycles. The van der Waals surface area contributed by atoms with Crippen LogP contribution in [0.1, 0.15) is 24.4 Å². The number of hydrogen-bond donors (Lipinski definition) is 1. The Balaban J connectivity index is 1.67. The smallest absolute Gasteiger partial charge is 0.125 e. The molecule has 4 rings (SSSR count). The molecule has 1 saturated heterocycles. The Morgan fingerprint density at radius 2 is 2.24 bits per heavy atom. The van der Waals surface area contributed by atoms with Crippen LogP contribution in [0.4, 0.5) is 4.39 Å². The molecule has 0 aliphatic carbocycles. The van der Waals surface area contributed by atoms with E-state index in [0.717, 1.165) is 49.6 Å². The molecule has 1 aliphatic rings. The monoisotopic (exact) mass is 339 g/mol. The van der Waals surface area contributed by atoms with Gasteiger partial charge < -0.3 is 9.88 Å². The minimum absolute atomic E-state index is 0.241. The first-order chi connectivity index (χ1) is 12.3. The zero-order valence-corrected chi connectivity index (χ0v) is 14.3. The highest BCUT2D eigenvalue weighted by Gasteiger charge is 2.25. The van der Waals surface area contributed by atoms with Crippen LogP contribution >= 0.6 is 0 Å². The number of nitrogens with one attached hydrogen (secondary N) is 1. The Morgan fingerprint density at radius 3 is 3.04 bits per heavy atom. The molecule has 0 bridgehead atoms. The molecular formula is C19H22FN5. The summed E-state index contributed by atoms with van der Waals surface area (Å²) in [6, 6.07) is 9.21. The molecule has 3 aromatic rings. The van der Waals surface area contributed by atoms with Gasteiger partial charge >= 0.3 is 0 Å². The molecule has 0 radical (unpaired) electrons. The third kappa shape index (κ3) is 3.15. The summed E-state index contributed by atoms with van der Waals surface area (Å²) in [5.74, 6) is 0.745. The molecule has 1 fully saturated rings. The van der Waals surface area contributed by atoms with Crippen LogP contribution < -0.4 is 5.32 Å². The van der Waals surface area contributed by atoms with Crippen molar-refractivity contribution in [2.24, 2.45) is 0 Å². The molecule has 1 atom stereocenters. The van der Waals surface area contributed by atoms with Crippen LogP contribution in [0.25, 0.3) is 11.0 Å². The Morgan fingerprint density at radius 1 is 1.32 bits per heavy atom. The number of hydrogen-bond acceptors (Lipinski definition) is 4. The fraction of sp³-hybridized carbons (Fsp3) is 0.368. The van der Waals surface area contributed by atoms with Crippen molar-refractivity contribution in [2.45, 2.75) is 26.1 Å². The van der Waals surface area contributed by atoms with Crippen LogP contribution in [0, 0.1) is 5.82 Å². The molecule has 130 valence electrons. The highest BCUT2D eigenvalue weighted by molar-refractivity contribution is 5.76. The molecule has 0 spiro atoms. The minimum Gasteiger partial charge on any atom is -0.327 e. The molecule has 1 aliphatic heterocycles. The van der Waals surface area contributed by atoms with Gasteiger partial charge in [-0.05, 0) is 30.7 Å². The van der Waals surface area contributed by atoms with Crippen molar-refractivity contribution < 1.29 is 4.39 Å². The summed E-state index contributed by atoms with van der Waals surface area (Å²) in [5.41, 5.74) is 2.93. The molecule has 6 heteroatoms. The second-order valence-electron chi connectivity index (χ2n) is 6.38. The van der Waals surface area contributed by atoms with E-state index in [1.165, 1.54) is 17.7 Å². The first-order valence-electron chi connectivity index (χ1n) is 8.75. The van der Waals surface area contributed by atoms with Gasteiger partial charge in [0.1, 0.15) is 11.6 Å². The van der Waals surface area contributed by atoms with E-state index >= 15 is 0 Å². The molecule has 2 aromatic heterocycles. The Hall–Kier alpha value is -2.31. The van der Waals surface area contributed by atoms with Crippen LogP contribution in [-0.2, 0) is 13.1 Å². The summed E-state index contributed by atoms with van der Waals surface area (Å²) in [5, 5.41) is 3.47. The van der Waals surface area contributed by atoms with Gasteiger partial charge in [0.15, 0.2) is 0 Å². The Kier molecular flexibility index (Phi) is 4.46. The molecule has 5 nitrogen and oxygen atoms in total. The Bertz CT molecular complexity index is 861. The van der Waals surface area contributed by atoms with Gasteiger partial charge in [-0.15, -0.1) is 0 Å². The lowest BCUT2D eigenvalue weighted by Crippen LogP contribution is -2.45. The number of benzene rings is 1. The molecule has 25 heavy (non-hydrogen) atoms. The topological polar surface area (TPSA) is 46.0 Å². The molecule has 1 N–H and O–H groups in total. The summed E-state index contributed by atoms with van der Waals surface area (Å²) in [4.78, 5) is 11.4. The number of rotatable bonds is 4. The average Bonchev–Trinajstić information content (AvgIpc) is 2.99. The molecule has 0 amide bonds. The number of fused-ring (bicyclic) bond motifs is 1. The van der Waals surface area contributed by atoms with Crippen molar-refractivity contribution in [3.05, 3.63) is 59.9 Å². The van der Waals surface area contributed by atoms with Crippen LogP contribution in [-0.4, -0.2) is 39.1 Å². The second-order valence-corrected chi connectivity index (χ2v) is 6.38. The summed E-state index contributed by atoms with van der Waals surface area (Å²) >= 11 is 0. The lowest BCUT2D eigenvalue weighted by molar-refractivity contribution is 0.148. The first kappa shape index (κ1) is 16.2. The predicted molar refractivity (Wildman–Crippen MR) is 95.6 cm³/mol. The summed E-state index contributed by atoms with van der Waals surface area (Å²) in [6.07, 6.45) is 3.73. The van der Waals surface area contributed by atoms with Crippen molar-refractivity contribution in [1.29, 1.82) is 0 Å². The van der Waals surface area contributed by atoms with Gasteiger partial charge in [-0.25, -0.2) is 9.37 Å². The summed E-state index contributed by atoms with van der Waals surface area (Å²) in [6.45, 7) is 6.46. The molecule has 1 aromatic carbocycles. The van der Waals surface area contributed by atoms with E-state index in [4.69, 9.17) is 4.98 Å². The number of piperazine rings is 1. The normalized spacial score (nSPS) is 18.7. The maximum atomic E-state index is 13.5. The van der Waals surface area contributed by atoms with Crippen LogP contribution in [0.5, 0.6) is 0 Å². The maximum Gasteiger partial charge on any atom is 0.125 e. The van der Waals surface area contributed by atoms with E-state index in [1.807, 2.05) is 18.3 Å². The number of aromatic nitrogens is 3. The number of pyridine rings is 1. The van der Waals surface area contributed by atoms with Crippen molar-refractivity contribution in [2.75, 3.05) is 19.6 Å². The minimum atomic E-state index is -0.241. The van der Waals surface area contributed by atoms with Gasteiger partial charge in [-0.2, -0.15) is 0 Å². The zero-order chi connectivity index (χ0) is 17.2. The van der Waals surface area contributed by atoms with Gasteiger partial charge in [-0.3, -0.25) is 9.88 Å². The van der Waals surface area contributed by atoms with Crippen LogP contribution in [0.3, 0.4) is 0 Å². The fourth-order valence-corrected chi connectivity index (χ4v) is 3.65. The maximum absolute atomic E-state index is 13.5. The van der Waals surface area contributed by atoms with E-state index in [0.29, 0.717) is 0 Å². The number of halogens is 1. The standard InChI is InChI=1S/C19H22FN5/c1-2-25-17-6-5-15(20)10-16(17)23-19(25)13-24-9-8-22-12-18(24)14-4-3-7-21-11-14/h3-7,10-11,18,22H,2,8-9,12-13H2,1H3. The average molecular weight is 339 g/mol. The number of nitrogens with zero attached hydrogens (tertiary/aromatic N) is 4. The van der Waals surface area contributed by atoms with Crippen molar-refractivity contribution >= 4 is 11.0 Å². The van der Waals surface area contributed by atoms with Crippen molar-refractivity contribution in [3.63, 3.8) is 0 Å².